The van der Waals surface area contributed by atoms with Gasteiger partial charge in [-0.05, 0) is 60.7 Å². The second-order valence-corrected chi connectivity index (χ2v) is 10.8. The van der Waals surface area contributed by atoms with Crippen LogP contribution in [-0.2, 0) is 23.1 Å². The summed E-state index contributed by atoms with van der Waals surface area (Å²) in [6, 6.07) is 7.71. The molecule has 2 aromatic heterocycles. The number of ether oxygens (including phenoxy) is 1. The molecule has 1 aliphatic heterocycles. The number of piperidine rings is 1. The van der Waals surface area contributed by atoms with Gasteiger partial charge in [0.15, 0.2) is 11.6 Å². The number of nitrogens with zero attached hydrogens (tertiary/aromatic N) is 6. The molecule has 0 unspecified atom stereocenters. The van der Waals surface area contributed by atoms with E-state index in [2.05, 4.69) is 25.7 Å². The van der Waals surface area contributed by atoms with E-state index in [9.17, 15) is 17.6 Å². The average Bonchev–Trinajstić information content (AvgIpc) is 3.31. The lowest BCUT2D eigenvalue weighted by Crippen LogP contribution is -2.40. The van der Waals surface area contributed by atoms with E-state index in [1.54, 1.807) is 25.1 Å². The Kier molecular flexibility index (Phi) is 7.59. The number of nitrogens with one attached hydrogen (secondary N) is 1. The van der Waals surface area contributed by atoms with Crippen LogP contribution in [0.1, 0.15) is 34.6 Å². The number of carbonyl (C=O) groups is 1. The monoisotopic (exact) mass is 517 g/mol. The number of benzene rings is 1. The van der Waals surface area contributed by atoms with Crippen LogP contribution in [0.4, 0.5) is 4.39 Å². The number of amides is 1. The molecule has 1 amide bonds. The molecule has 13 heteroatoms. The van der Waals surface area contributed by atoms with Gasteiger partial charge in [0, 0.05) is 30.9 Å². The highest BCUT2D eigenvalue weighted by molar-refractivity contribution is 7.88. The highest BCUT2D eigenvalue weighted by atomic mass is 32.2. The molecule has 1 N–H and O–H groups in total. The smallest absolute Gasteiger partial charge is 0.270 e. The number of methoxy groups -OCH3 is 1. The molecule has 36 heavy (non-hydrogen) atoms. The molecule has 3 heterocycles. The van der Waals surface area contributed by atoms with E-state index in [0.29, 0.717) is 42.3 Å². The minimum atomic E-state index is -3.23. The van der Waals surface area contributed by atoms with Crippen molar-refractivity contribution in [1.29, 1.82) is 0 Å². The Morgan fingerprint density at radius 3 is 2.83 bits per heavy atom. The van der Waals surface area contributed by atoms with Gasteiger partial charge in [-0.15, -0.1) is 10.2 Å². The van der Waals surface area contributed by atoms with Crippen molar-refractivity contribution in [1.82, 2.24) is 34.8 Å². The number of aromatic nitrogens is 5. The summed E-state index contributed by atoms with van der Waals surface area (Å²) >= 11 is 0. The fraction of sp³-hybridized carbons (Fsp3) is 0.435. The molecular weight excluding hydrogens is 489 g/mol. The zero-order chi connectivity index (χ0) is 25.9. The van der Waals surface area contributed by atoms with Crippen molar-refractivity contribution in [3.05, 3.63) is 53.1 Å². The van der Waals surface area contributed by atoms with E-state index in [4.69, 9.17) is 4.74 Å². The molecule has 0 radical (unpaired) electrons. The first-order valence-corrected chi connectivity index (χ1v) is 13.3. The fourth-order valence-electron chi connectivity index (χ4n) is 4.15. The van der Waals surface area contributed by atoms with Crippen LogP contribution in [0.15, 0.2) is 30.3 Å². The number of hydrogen-bond donors (Lipinski definition) is 1. The predicted octanol–water partition coefficient (Wildman–Crippen LogP) is 1.79. The third-order valence-electron chi connectivity index (χ3n) is 5.94. The van der Waals surface area contributed by atoms with E-state index >= 15 is 0 Å². The van der Waals surface area contributed by atoms with E-state index in [1.165, 1.54) is 34.6 Å². The lowest BCUT2D eigenvalue weighted by molar-refractivity contribution is 0.0945. The molecule has 1 aromatic carbocycles. The summed E-state index contributed by atoms with van der Waals surface area (Å²) in [7, 11) is -1.86. The number of sulfonamides is 1. The summed E-state index contributed by atoms with van der Waals surface area (Å²) in [4.78, 5) is 18.5. The van der Waals surface area contributed by atoms with Gasteiger partial charge in [-0.1, -0.05) is 6.07 Å². The average molecular weight is 518 g/mol. The van der Waals surface area contributed by atoms with Crippen LogP contribution >= 0.6 is 0 Å². The second-order valence-electron chi connectivity index (χ2n) is 8.83. The zero-order valence-corrected chi connectivity index (χ0v) is 21.1. The molecule has 0 bridgehead atoms. The molecule has 0 spiro atoms. The number of rotatable bonds is 8. The topological polar surface area (TPSA) is 132 Å². The standard InChI is InChI=1S/C23H28FN7O4S/c1-15-9-18(11-20(26-15)23(32)25-12-16-6-7-19(24)21(10-16)35-2)22-27-29-31(28-22)14-17-5-4-8-30(13-17)36(3,33)34/h6-7,9-11,17H,4-5,8,12-14H2,1-3H3,(H,25,32)/t17-/m1/s1. The maximum absolute atomic E-state index is 13.6. The van der Waals surface area contributed by atoms with Crippen molar-refractivity contribution < 1.29 is 22.3 Å². The van der Waals surface area contributed by atoms with E-state index in [0.717, 1.165) is 12.8 Å². The van der Waals surface area contributed by atoms with Gasteiger partial charge in [0.05, 0.1) is 19.9 Å². The molecule has 0 aliphatic carbocycles. The van der Waals surface area contributed by atoms with Gasteiger partial charge < -0.3 is 10.1 Å². The number of aryl methyl sites for hydroxylation is 1. The largest absolute Gasteiger partial charge is 0.494 e. The third-order valence-corrected chi connectivity index (χ3v) is 7.21. The van der Waals surface area contributed by atoms with Gasteiger partial charge in [0.2, 0.25) is 15.8 Å². The van der Waals surface area contributed by atoms with Gasteiger partial charge in [-0.3, -0.25) is 4.79 Å². The molecular formula is C23H28FN7O4S. The van der Waals surface area contributed by atoms with Gasteiger partial charge >= 0.3 is 0 Å². The molecule has 1 atom stereocenters. The van der Waals surface area contributed by atoms with Crippen molar-refractivity contribution >= 4 is 15.9 Å². The van der Waals surface area contributed by atoms with Crippen LogP contribution in [0.2, 0.25) is 0 Å². The molecule has 4 rings (SSSR count). The molecule has 3 aromatic rings. The second kappa shape index (κ2) is 10.7. The lowest BCUT2D eigenvalue weighted by atomic mass is 10.00. The Morgan fingerprint density at radius 1 is 1.28 bits per heavy atom. The van der Waals surface area contributed by atoms with Gasteiger partial charge in [-0.2, -0.15) is 4.80 Å². The van der Waals surface area contributed by atoms with Crippen LogP contribution < -0.4 is 10.1 Å². The Labute approximate surface area is 208 Å². The molecule has 192 valence electrons. The summed E-state index contributed by atoms with van der Waals surface area (Å²) < 4.78 is 43.8. The van der Waals surface area contributed by atoms with Crippen molar-refractivity contribution in [2.45, 2.75) is 32.9 Å². The Bertz CT molecular complexity index is 1360. The van der Waals surface area contributed by atoms with Crippen molar-refractivity contribution in [3.8, 4) is 17.1 Å². The minimum Gasteiger partial charge on any atom is -0.494 e. The van der Waals surface area contributed by atoms with Crippen molar-refractivity contribution in [3.63, 3.8) is 0 Å². The van der Waals surface area contributed by atoms with Gasteiger partial charge in [0.25, 0.3) is 5.91 Å². The van der Waals surface area contributed by atoms with Crippen molar-refractivity contribution in [2.24, 2.45) is 5.92 Å². The molecule has 1 fully saturated rings. The quantitative estimate of drug-likeness (QED) is 0.478. The first kappa shape index (κ1) is 25.6. The number of pyridine rings is 1. The predicted molar refractivity (Wildman–Crippen MR) is 129 cm³/mol. The summed E-state index contributed by atoms with van der Waals surface area (Å²) in [5, 5.41) is 15.5. The summed E-state index contributed by atoms with van der Waals surface area (Å²) in [6.07, 6.45) is 2.88. The van der Waals surface area contributed by atoms with Crippen LogP contribution in [0.3, 0.4) is 0 Å². The van der Waals surface area contributed by atoms with E-state index in [-0.39, 0.29) is 23.9 Å². The third kappa shape index (κ3) is 6.21. The molecule has 1 aliphatic rings. The summed E-state index contributed by atoms with van der Waals surface area (Å²) in [6.45, 7) is 3.32. The Hall–Kier alpha value is -3.45. The molecule has 0 saturated carbocycles. The zero-order valence-electron chi connectivity index (χ0n) is 20.3. The maximum Gasteiger partial charge on any atom is 0.270 e. The number of halogens is 1. The van der Waals surface area contributed by atoms with Crippen LogP contribution in [-0.4, -0.2) is 70.3 Å². The number of hydrogen-bond acceptors (Lipinski definition) is 8. The highest BCUT2D eigenvalue weighted by Gasteiger charge is 2.26. The van der Waals surface area contributed by atoms with Crippen LogP contribution in [0.5, 0.6) is 5.75 Å². The number of carbonyl (C=O) groups excluding carboxylic acids is 1. The van der Waals surface area contributed by atoms with E-state index < -0.39 is 21.7 Å². The minimum absolute atomic E-state index is 0.0844. The lowest BCUT2D eigenvalue weighted by Gasteiger charge is -2.30. The SMILES string of the molecule is COc1cc(CNC(=O)c2cc(-c3nnn(C[C@@H]4CCCN(S(C)(=O)=O)C4)n3)cc(C)n2)ccc1F. The maximum atomic E-state index is 13.6. The molecule has 1 saturated heterocycles. The van der Waals surface area contributed by atoms with Crippen LogP contribution in [0.25, 0.3) is 11.4 Å². The first-order valence-electron chi connectivity index (χ1n) is 11.4. The normalized spacial score (nSPS) is 16.6. The van der Waals surface area contributed by atoms with Crippen molar-refractivity contribution in [2.75, 3.05) is 26.5 Å². The Morgan fingerprint density at radius 2 is 2.08 bits per heavy atom. The fourth-order valence-corrected chi connectivity index (χ4v) is 5.09. The first-order chi connectivity index (χ1) is 17.1. The number of tetrazole rings is 1. The highest BCUT2D eigenvalue weighted by Crippen LogP contribution is 2.21. The van der Waals surface area contributed by atoms with Crippen LogP contribution in [0, 0.1) is 18.7 Å². The van der Waals surface area contributed by atoms with E-state index in [1.807, 2.05) is 0 Å². The van der Waals surface area contributed by atoms with Gasteiger partial charge in [0.1, 0.15) is 5.69 Å². The summed E-state index contributed by atoms with van der Waals surface area (Å²) in [5.74, 6) is -0.355. The molecule has 11 nitrogen and oxygen atoms in total. The summed E-state index contributed by atoms with van der Waals surface area (Å²) in [5.41, 5.74) is 2.06. The van der Waals surface area contributed by atoms with Gasteiger partial charge in [-0.25, -0.2) is 22.1 Å². The Balaban J connectivity index is 1.44.